The molecule has 0 aliphatic heterocycles. The van der Waals surface area contributed by atoms with E-state index in [4.69, 9.17) is 0 Å². The molecule has 0 bridgehead atoms. The van der Waals surface area contributed by atoms with Crippen molar-refractivity contribution in [2.24, 2.45) is 5.92 Å². The first-order valence-electron chi connectivity index (χ1n) is 6.69. The van der Waals surface area contributed by atoms with Crippen molar-refractivity contribution in [2.45, 2.75) is 51.7 Å². The van der Waals surface area contributed by atoms with Crippen molar-refractivity contribution in [3.05, 3.63) is 29.8 Å². The van der Waals surface area contributed by atoms with Crippen molar-refractivity contribution >= 4 is 5.69 Å². The third kappa shape index (κ3) is 4.04. The van der Waals surface area contributed by atoms with Crippen LogP contribution < -0.4 is 5.32 Å². The molecule has 94 valence electrons. The van der Waals surface area contributed by atoms with Gasteiger partial charge in [0.25, 0.3) is 0 Å². The number of hydrogen-bond acceptors (Lipinski definition) is 2. The molecule has 2 nitrogen and oxygen atoms in total. The first-order valence-corrected chi connectivity index (χ1v) is 6.69. The van der Waals surface area contributed by atoms with Gasteiger partial charge in [0.05, 0.1) is 6.10 Å². The van der Waals surface area contributed by atoms with E-state index in [-0.39, 0.29) is 6.10 Å². The van der Waals surface area contributed by atoms with E-state index >= 15 is 0 Å². The lowest BCUT2D eigenvalue weighted by molar-refractivity contribution is 0.159. The average molecular weight is 233 g/mol. The van der Waals surface area contributed by atoms with E-state index in [9.17, 15) is 5.11 Å². The fraction of sp³-hybridized carbons (Fsp3) is 0.600. The maximum Gasteiger partial charge on any atom is 0.0790 e. The van der Waals surface area contributed by atoms with Gasteiger partial charge in [0.2, 0.25) is 0 Å². The molecule has 2 N–H and O–H groups in total. The first kappa shape index (κ1) is 12.4. The van der Waals surface area contributed by atoms with Crippen molar-refractivity contribution in [1.82, 2.24) is 0 Å². The summed E-state index contributed by atoms with van der Waals surface area (Å²) in [5, 5.41) is 13.5. The van der Waals surface area contributed by atoms with Crippen LogP contribution >= 0.6 is 0 Å². The Morgan fingerprint density at radius 2 is 1.82 bits per heavy atom. The second kappa shape index (κ2) is 5.54. The van der Waals surface area contributed by atoms with Gasteiger partial charge in [-0.1, -0.05) is 26.0 Å². The van der Waals surface area contributed by atoms with Crippen LogP contribution in [0.15, 0.2) is 24.3 Å². The Labute approximate surface area is 104 Å². The number of hydrogen-bond donors (Lipinski definition) is 2. The molecule has 2 rings (SSSR count). The van der Waals surface area contributed by atoms with Gasteiger partial charge in [-0.25, -0.2) is 0 Å². The predicted molar refractivity (Wildman–Crippen MR) is 72.1 cm³/mol. The van der Waals surface area contributed by atoms with Gasteiger partial charge < -0.3 is 10.4 Å². The fourth-order valence-electron chi connectivity index (χ4n) is 1.92. The Morgan fingerprint density at radius 1 is 1.18 bits per heavy atom. The van der Waals surface area contributed by atoms with Gasteiger partial charge in [-0.2, -0.15) is 0 Å². The van der Waals surface area contributed by atoms with Crippen LogP contribution in [-0.4, -0.2) is 11.1 Å². The van der Waals surface area contributed by atoms with E-state index in [0.29, 0.717) is 12.0 Å². The Hall–Kier alpha value is -1.02. The standard InChI is InChI=1S/C15H23NO/c1-11(2)3-10-15(17)12-4-6-13(7-5-12)16-14-8-9-14/h4-7,11,14-17H,3,8-10H2,1-2H3. The molecule has 0 saturated heterocycles. The highest BCUT2D eigenvalue weighted by Crippen LogP contribution is 2.26. The summed E-state index contributed by atoms with van der Waals surface area (Å²) in [6, 6.07) is 8.91. The number of rotatable bonds is 6. The molecule has 0 spiro atoms. The zero-order valence-electron chi connectivity index (χ0n) is 10.8. The molecule has 0 heterocycles. The molecular weight excluding hydrogens is 210 g/mol. The lowest BCUT2D eigenvalue weighted by atomic mass is 10.00. The molecule has 1 aliphatic carbocycles. The highest BCUT2D eigenvalue weighted by molar-refractivity contribution is 5.46. The van der Waals surface area contributed by atoms with Gasteiger partial charge in [-0.15, -0.1) is 0 Å². The SMILES string of the molecule is CC(C)CCC(O)c1ccc(NC2CC2)cc1. The maximum atomic E-state index is 10.0. The summed E-state index contributed by atoms with van der Waals surface area (Å²) in [4.78, 5) is 0. The Bertz CT molecular complexity index is 340. The minimum atomic E-state index is -0.313. The monoisotopic (exact) mass is 233 g/mol. The highest BCUT2D eigenvalue weighted by atomic mass is 16.3. The quantitative estimate of drug-likeness (QED) is 0.784. The van der Waals surface area contributed by atoms with Crippen molar-refractivity contribution in [1.29, 1.82) is 0 Å². The maximum absolute atomic E-state index is 10.0. The van der Waals surface area contributed by atoms with Crippen LogP contribution in [0.25, 0.3) is 0 Å². The average Bonchev–Trinajstić information content (AvgIpc) is 3.11. The molecule has 2 heteroatoms. The molecule has 1 aromatic rings. The van der Waals surface area contributed by atoms with Crippen LogP contribution in [-0.2, 0) is 0 Å². The van der Waals surface area contributed by atoms with Gasteiger partial charge in [0, 0.05) is 11.7 Å². The Balaban J connectivity index is 1.87. The largest absolute Gasteiger partial charge is 0.388 e. The van der Waals surface area contributed by atoms with Crippen LogP contribution in [0, 0.1) is 5.92 Å². The van der Waals surface area contributed by atoms with E-state index in [2.05, 4.69) is 31.3 Å². The molecule has 17 heavy (non-hydrogen) atoms. The molecule has 1 aromatic carbocycles. The molecule has 1 saturated carbocycles. The lowest BCUT2D eigenvalue weighted by Gasteiger charge is -2.13. The Kier molecular flexibility index (Phi) is 4.06. The van der Waals surface area contributed by atoms with Gasteiger partial charge in [0.1, 0.15) is 0 Å². The molecule has 1 atom stereocenters. The Morgan fingerprint density at radius 3 is 2.35 bits per heavy atom. The van der Waals surface area contributed by atoms with Crippen molar-refractivity contribution in [2.75, 3.05) is 5.32 Å². The molecule has 1 aliphatic rings. The highest BCUT2D eigenvalue weighted by Gasteiger charge is 2.20. The number of aliphatic hydroxyl groups excluding tert-OH is 1. The summed E-state index contributed by atoms with van der Waals surface area (Å²) in [5.74, 6) is 0.653. The summed E-state index contributed by atoms with van der Waals surface area (Å²) in [6.07, 6.45) is 4.20. The number of aliphatic hydroxyl groups is 1. The lowest BCUT2D eigenvalue weighted by Crippen LogP contribution is -2.02. The zero-order valence-corrected chi connectivity index (χ0v) is 10.8. The number of nitrogens with one attached hydrogen (secondary N) is 1. The topological polar surface area (TPSA) is 32.3 Å². The van der Waals surface area contributed by atoms with Crippen molar-refractivity contribution in [3.8, 4) is 0 Å². The summed E-state index contributed by atoms with van der Waals surface area (Å²) in [5.41, 5.74) is 2.21. The smallest absolute Gasteiger partial charge is 0.0790 e. The van der Waals surface area contributed by atoms with Crippen LogP contribution in [0.1, 0.15) is 51.2 Å². The van der Waals surface area contributed by atoms with E-state index in [1.165, 1.54) is 18.5 Å². The minimum absolute atomic E-state index is 0.313. The van der Waals surface area contributed by atoms with Crippen LogP contribution in [0.3, 0.4) is 0 Å². The summed E-state index contributed by atoms with van der Waals surface area (Å²) >= 11 is 0. The van der Waals surface area contributed by atoms with Crippen LogP contribution in [0.5, 0.6) is 0 Å². The summed E-state index contributed by atoms with van der Waals surface area (Å²) < 4.78 is 0. The number of anilines is 1. The second-order valence-electron chi connectivity index (χ2n) is 5.53. The minimum Gasteiger partial charge on any atom is -0.388 e. The van der Waals surface area contributed by atoms with Crippen molar-refractivity contribution < 1.29 is 5.11 Å². The van der Waals surface area contributed by atoms with Crippen LogP contribution in [0.2, 0.25) is 0 Å². The fourth-order valence-corrected chi connectivity index (χ4v) is 1.92. The first-order chi connectivity index (χ1) is 8.15. The second-order valence-corrected chi connectivity index (χ2v) is 5.53. The zero-order chi connectivity index (χ0) is 12.3. The molecule has 0 aromatic heterocycles. The van der Waals surface area contributed by atoms with E-state index in [1.807, 2.05) is 12.1 Å². The molecule has 0 amide bonds. The summed E-state index contributed by atoms with van der Waals surface area (Å²) in [6.45, 7) is 4.38. The van der Waals surface area contributed by atoms with E-state index in [1.54, 1.807) is 0 Å². The van der Waals surface area contributed by atoms with E-state index < -0.39 is 0 Å². The van der Waals surface area contributed by atoms with Gasteiger partial charge in [0.15, 0.2) is 0 Å². The van der Waals surface area contributed by atoms with Crippen LogP contribution in [0.4, 0.5) is 5.69 Å². The predicted octanol–water partition coefficient (Wildman–Crippen LogP) is 3.73. The normalized spacial score (nSPS) is 17.2. The molecular formula is C15H23NO. The molecule has 1 fully saturated rings. The third-order valence-electron chi connectivity index (χ3n) is 3.26. The van der Waals surface area contributed by atoms with Crippen molar-refractivity contribution in [3.63, 3.8) is 0 Å². The number of benzene rings is 1. The molecule has 0 radical (unpaired) electrons. The summed E-state index contributed by atoms with van der Waals surface area (Å²) in [7, 11) is 0. The third-order valence-corrected chi connectivity index (χ3v) is 3.26. The van der Waals surface area contributed by atoms with Gasteiger partial charge in [-0.05, 0) is 49.3 Å². The van der Waals surface area contributed by atoms with E-state index in [0.717, 1.165) is 18.4 Å². The van der Waals surface area contributed by atoms with Gasteiger partial charge in [-0.3, -0.25) is 0 Å². The molecule has 1 unspecified atom stereocenters. The van der Waals surface area contributed by atoms with Gasteiger partial charge >= 0.3 is 0 Å².